The monoisotopic (exact) mass is 300 g/mol. The normalized spacial score (nSPS) is 19.8. The molecule has 21 heavy (non-hydrogen) atoms. The Morgan fingerprint density at radius 2 is 2.00 bits per heavy atom. The molecule has 1 rings (SSSR count). The summed E-state index contributed by atoms with van der Waals surface area (Å²) in [7, 11) is 1.65. The van der Waals surface area contributed by atoms with Gasteiger partial charge in [-0.05, 0) is 18.8 Å². The molecule has 6 heteroatoms. The predicted octanol–water partition coefficient (Wildman–Crippen LogP) is 0.803. The van der Waals surface area contributed by atoms with Gasteiger partial charge in [0.15, 0.2) is 0 Å². The summed E-state index contributed by atoms with van der Waals surface area (Å²) in [4.78, 5) is 25.8. The van der Waals surface area contributed by atoms with Gasteiger partial charge in [0.1, 0.15) is 6.04 Å². The minimum atomic E-state index is -0.391. The molecule has 0 bridgehead atoms. The number of carbonyl (C=O) groups is 2. The number of methoxy groups -OCH3 is 1. The van der Waals surface area contributed by atoms with Crippen LogP contribution in [0.25, 0.3) is 0 Å². The van der Waals surface area contributed by atoms with Crippen molar-refractivity contribution in [2.45, 2.75) is 39.2 Å². The zero-order valence-corrected chi connectivity index (χ0v) is 13.4. The van der Waals surface area contributed by atoms with E-state index >= 15 is 0 Å². The van der Waals surface area contributed by atoms with E-state index in [4.69, 9.17) is 9.47 Å². The van der Waals surface area contributed by atoms with Gasteiger partial charge in [-0.2, -0.15) is 0 Å². The Bertz CT molecular complexity index is 334. The Balaban J connectivity index is 2.32. The Hall–Kier alpha value is -1.14. The number of hydrogen-bond donors (Lipinski definition) is 1. The first-order valence-electron chi connectivity index (χ1n) is 7.71. The highest BCUT2D eigenvalue weighted by molar-refractivity contribution is 5.90. The summed E-state index contributed by atoms with van der Waals surface area (Å²) in [5, 5.41) is 2.81. The molecule has 0 aromatic heterocycles. The molecule has 1 aliphatic rings. The smallest absolute Gasteiger partial charge is 0.245 e. The summed E-state index contributed by atoms with van der Waals surface area (Å²) < 4.78 is 10.3. The first-order valence-corrected chi connectivity index (χ1v) is 7.71. The van der Waals surface area contributed by atoms with Crippen molar-refractivity contribution in [3.8, 4) is 0 Å². The van der Waals surface area contributed by atoms with Gasteiger partial charge in [-0.3, -0.25) is 9.59 Å². The van der Waals surface area contributed by atoms with Crippen molar-refractivity contribution in [1.29, 1.82) is 0 Å². The second kappa shape index (κ2) is 9.73. The molecule has 1 fully saturated rings. The standard InChI is InChI=1S/C15H28N2O4/c1-12(2)14-15(19)17(8-6-13(18)16-14)7-4-5-9-21-11-10-20-3/h12,14H,4-11H2,1-3H3,(H,16,18). The van der Waals surface area contributed by atoms with Crippen molar-refractivity contribution in [3.63, 3.8) is 0 Å². The summed E-state index contributed by atoms with van der Waals surface area (Å²) >= 11 is 0. The molecule has 1 aliphatic heterocycles. The fourth-order valence-corrected chi connectivity index (χ4v) is 2.28. The SMILES string of the molecule is COCCOCCCCN1CCC(=O)NC(C(C)C)C1=O. The largest absolute Gasteiger partial charge is 0.382 e. The molecule has 0 aromatic carbocycles. The minimum absolute atomic E-state index is 0.0348. The topological polar surface area (TPSA) is 67.9 Å². The van der Waals surface area contributed by atoms with Crippen molar-refractivity contribution < 1.29 is 19.1 Å². The van der Waals surface area contributed by atoms with Crippen molar-refractivity contribution in [2.24, 2.45) is 5.92 Å². The highest BCUT2D eigenvalue weighted by atomic mass is 16.5. The molecule has 6 nitrogen and oxygen atoms in total. The molecule has 0 radical (unpaired) electrons. The molecular weight excluding hydrogens is 272 g/mol. The Morgan fingerprint density at radius 3 is 2.67 bits per heavy atom. The van der Waals surface area contributed by atoms with E-state index in [0.29, 0.717) is 39.3 Å². The fraction of sp³-hybridized carbons (Fsp3) is 0.867. The minimum Gasteiger partial charge on any atom is -0.382 e. The molecule has 0 saturated carbocycles. The number of carbonyl (C=O) groups excluding carboxylic acids is 2. The van der Waals surface area contributed by atoms with Crippen LogP contribution in [0.15, 0.2) is 0 Å². The summed E-state index contributed by atoms with van der Waals surface area (Å²) in [6.07, 6.45) is 2.18. The van der Waals surface area contributed by atoms with E-state index < -0.39 is 6.04 Å². The van der Waals surface area contributed by atoms with Crippen LogP contribution in [-0.4, -0.2) is 62.8 Å². The zero-order chi connectivity index (χ0) is 15.7. The van der Waals surface area contributed by atoms with E-state index in [0.717, 1.165) is 12.8 Å². The Kier molecular flexibility index (Phi) is 8.30. The van der Waals surface area contributed by atoms with E-state index in [2.05, 4.69) is 5.32 Å². The van der Waals surface area contributed by atoms with Crippen LogP contribution in [0, 0.1) is 5.92 Å². The fourth-order valence-electron chi connectivity index (χ4n) is 2.28. The third kappa shape index (κ3) is 6.44. The van der Waals surface area contributed by atoms with E-state index in [1.807, 2.05) is 13.8 Å². The van der Waals surface area contributed by atoms with Crippen LogP contribution < -0.4 is 5.32 Å². The van der Waals surface area contributed by atoms with Crippen LogP contribution in [0.3, 0.4) is 0 Å². The van der Waals surface area contributed by atoms with Crippen LogP contribution >= 0.6 is 0 Å². The van der Waals surface area contributed by atoms with Gasteiger partial charge in [0.2, 0.25) is 11.8 Å². The highest BCUT2D eigenvalue weighted by Crippen LogP contribution is 2.11. The third-order valence-electron chi connectivity index (χ3n) is 3.57. The van der Waals surface area contributed by atoms with Crippen LogP contribution in [0.1, 0.15) is 33.1 Å². The maximum atomic E-state index is 12.4. The lowest BCUT2D eigenvalue weighted by Crippen LogP contribution is -2.47. The van der Waals surface area contributed by atoms with Crippen molar-refractivity contribution in [2.75, 3.05) is 40.0 Å². The number of amides is 2. The lowest BCUT2D eigenvalue weighted by molar-refractivity contribution is -0.134. The van der Waals surface area contributed by atoms with Crippen molar-refractivity contribution in [3.05, 3.63) is 0 Å². The maximum absolute atomic E-state index is 12.4. The van der Waals surface area contributed by atoms with Gasteiger partial charge in [-0.15, -0.1) is 0 Å². The molecule has 1 saturated heterocycles. The third-order valence-corrected chi connectivity index (χ3v) is 3.57. The second-order valence-electron chi connectivity index (χ2n) is 5.68. The highest BCUT2D eigenvalue weighted by Gasteiger charge is 2.31. The number of rotatable bonds is 9. The van der Waals surface area contributed by atoms with E-state index in [1.54, 1.807) is 12.0 Å². The van der Waals surface area contributed by atoms with Crippen LogP contribution in [0.5, 0.6) is 0 Å². The molecule has 1 atom stereocenters. The molecule has 122 valence electrons. The van der Waals surface area contributed by atoms with Crippen LogP contribution in [0.4, 0.5) is 0 Å². The van der Waals surface area contributed by atoms with Gasteiger partial charge in [0, 0.05) is 33.2 Å². The maximum Gasteiger partial charge on any atom is 0.245 e. The van der Waals surface area contributed by atoms with E-state index in [1.165, 1.54) is 0 Å². The average molecular weight is 300 g/mol. The molecule has 1 unspecified atom stereocenters. The molecule has 0 spiro atoms. The number of ether oxygens (including phenoxy) is 2. The van der Waals surface area contributed by atoms with Gasteiger partial charge >= 0.3 is 0 Å². The molecule has 0 aliphatic carbocycles. The molecular formula is C15H28N2O4. The van der Waals surface area contributed by atoms with Crippen LogP contribution in [-0.2, 0) is 19.1 Å². The van der Waals surface area contributed by atoms with Gasteiger partial charge in [0.05, 0.1) is 13.2 Å². The first kappa shape index (κ1) is 17.9. The van der Waals surface area contributed by atoms with Gasteiger partial charge in [0.25, 0.3) is 0 Å². The second-order valence-corrected chi connectivity index (χ2v) is 5.68. The van der Waals surface area contributed by atoms with Crippen molar-refractivity contribution >= 4 is 11.8 Å². The molecule has 0 aromatic rings. The molecule has 1 heterocycles. The zero-order valence-electron chi connectivity index (χ0n) is 13.4. The summed E-state index contributed by atoms with van der Waals surface area (Å²) in [6, 6.07) is -0.391. The number of unbranched alkanes of at least 4 members (excludes halogenated alkanes) is 1. The Morgan fingerprint density at radius 1 is 1.24 bits per heavy atom. The van der Waals surface area contributed by atoms with Crippen molar-refractivity contribution in [1.82, 2.24) is 10.2 Å². The van der Waals surface area contributed by atoms with E-state index in [-0.39, 0.29) is 17.7 Å². The predicted molar refractivity (Wildman–Crippen MR) is 79.9 cm³/mol. The van der Waals surface area contributed by atoms with Crippen LogP contribution in [0.2, 0.25) is 0 Å². The first-order chi connectivity index (χ1) is 10.1. The summed E-state index contributed by atoms with van der Waals surface area (Å²) in [5.74, 6) is 0.114. The number of nitrogens with zero attached hydrogens (tertiary/aromatic N) is 1. The van der Waals surface area contributed by atoms with Gasteiger partial charge in [-0.1, -0.05) is 13.8 Å². The lowest BCUT2D eigenvalue weighted by Gasteiger charge is -2.26. The number of nitrogens with one attached hydrogen (secondary N) is 1. The Labute approximate surface area is 127 Å². The lowest BCUT2D eigenvalue weighted by atomic mass is 10.0. The van der Waals surface area contributed by atoms with E-state index in [9.17, 15) is 9.59 Å². The molecule has 2 amide bonds. The quantitative estimate of drug-likeness (QED) is 0.640. The molecule has 1 N–H and O–H groups in total. The number of hydrogen-bond acceptors (Lipinski definition) is 4. The summed E-state index contributed by atoms with van der Waals surface area (Å²) in [5.41, 5.74) is 0. The van der Waals surface area contributed by atoms with Gasteiger partial charge < -0.3 is 19.7 Å². The summed E-state index contributed by atoms with van der Waals surface area (Å²) in [6.45, 7) is 6.99. The average Bonchev–Trinajstić information content (AvgIpc) is 2.59. The van der Waals surface area contributed by atoms with Gasteiger partial charge in [-0.25, -0.2) is 0 Å².